The van der Waals surface area contributed by atoms with Gasteiger partial charge in [0.25, 0.3) is 0 Å². The van der Waals surface area contributed by atoms with Crippen molar-refractivity contribution in [3.05, 3.63) is 18.0 Å². The van der Waals surface area contributed by atoms with Gasteiger partial charge in [-0.2, -0.15) is 5.10 Å². The van der Waals surface area contributed by atoms with Crippen molar-refractivity contribution in [1.82, 2.24) is 20.0 Å². The van der Waals surface area contributed by atoms with Gasteiger partial charge in [0.1, 0.15) is 0 Å². The van der Waals surface area contributed by atoms with E-state index in [2.05, 4.69) is 35.2 Å². The molecule has 1 unspecified atom stereocenters. The van der Waals surface area contributed by atoms with Crippen LogP contribution >= 0.6 is 12.4 Å². The minimum absolute atomic E-state index is 0. The highest BCUT2D eigenvalue weighted by Gasteiger charge is 2.25. The van der Waals surface area contributed by atoms with Crippen LogP contribution in [0, 0.1) is 5.92 Å². The third-order valence-electron chi connectivity index (χ3n) is 3.90. The van der Waals surface area contributed by atoms with Crippen molar-refractivity contribution in [2.24, 2.45) is 11.7 Å². The number of hydrogen-bond donors (Lipinski definition) is 2. The number of nitrogens with zero attached hydrogens (tertiary/aromatic N) is 3. The van der Waals surface area contributed by atoms with Crippen LogP contribution in [0.25, 0.3) is 0 Å². The van der Waals surface area contributed by atoms with Gasteiger partial charge in [-0.15, -0.1) is 12.4 Å². The Morgan fingerprint density at radius 1 is 1.55 bits per heavy atom. The highest BCUT2D eigenvalue weighted by Crippen LogP contribution is 2.18. The summed E-state index contributed by atoms with van der Waals surface area (Å²) in [6.45, 7) is 7.97. The summed E-state index contributed by atoms with van der Waals surface area (Å²) in [7, 11) is 0. The lowest BCUT2D eigenvalue weighted by Crippen LogP contribution is -2.43. The fourth-order valence-electron chi connectivity index (χ4n) is 2.73. The Morgan fingerprint density at radius 3 is 2.95 bits per heavy atom. The van der Waals surface area contributed by atoms with Crippen LogP contribution in [0.4, 0.5) is 0 Å². The van der Waals surface area contributed by atoms with E-state index in [1.54, 1.807) is 0 Å². The van der Waals surface area contributed by atoms with E-state index >= 15 is 0 Å². The van der Waals surface area contributed by atoms with E-state index in [1.165, 1.54) is 0 Å². The molecule has 0 aliphatic carbocycles. The maximum Gasteiger partial charge on any atom is 0.224 e. The van der Waals surface area contributed by atoms with Crippen LogP contribution in [0.1, 0.15) is 38.4 Å². The molecule has 0 aromatic carbocycles. The predicted molar refractivity (Wildman–Crippen MR) is 89.9 cm³/mol. The Balaban J connectivity index is 0.00000242. The number of likely N-dealkylation sites (tertiary alicyclic amines) is 1. The summed E-state index contributed by atoms with van der Waals surface area (Å²) >= 11 is 0. The van der Waals surface area contributed by atoms with E-state index in [0.717, 1.165) is 38.2 Å². The largest absolute Gasteiger partial charge is 0.355 e. The number of nitrogens with two attached hydrogens (primary N) is 1. The van der Waals surface area contributed by atoms with Crippen molar-refractivity contribution in [2.75, 3.05) is 26.2 Å². The molecule has 7 heteroatoms. The summed E-state index contributed by atoms with van der Waals surface area (Å²) in [5, 5.41) is 7.48. The van der Waals surface area contributed by atoms with E-state index in [4.69, 9.17) is 5.73 Å². The molecule has 1 fully saturated rings. The smallest absolute Gasteiger partial charge is 0.224 e. The second-order valence-electron chi connectivity index (χ2n) is 6.03. The van der Waals surface area contributed by atoms with E-state index < -0.39 is 0 Å². The van der Waals surface area contributed by atoms with Crippen LogP contribution in [-0.4, -0.2) is 46.8 Å². The van der Waals surface area contributed by atoms with Crippen LogP contribution in [0.15, 0.2) is 12.3 Å². The highest BCUT2D eigenvalue weighted by atomic mass is 35.5. The number of nitrogens with one attached hydrogen (secondary N) is 1. The molecule has 1 aliphatic rings. The Morgan fingerprint density at radius 2 is 2.32 bits per heavy atom. The van der Waals surface area contributed by atoms with E-state index in [-0.39, 0.29) is 24.2 Å². The molecule has 22 heavy (non-hydrogen) atoms. The molecule has 126 valence electrons. The summed E-state index contributed by atoms with van der Waals surface area (Å²) in [6.07, 6.45) is 4.05. The standard InChI is InChI=1S/C15H27N5O.ClH/c1-12(2)20-9-5-14(18-20)11-19-8-3-4-13(10-19)15(21)17-7-6-16;/h5,9,12-13H,3-4,6-8,10-11,16H2,1-2H3,(H,17,21);1H. The van der Waals surface area contributed by atoms with Crippen LogP contribution in [0.5, 0.6) is 0 Å². The lowest BCUT2D eigenvalue weighted by atomic mass is 9.97. The van der Waals surface area contributed by atoms with Gasteiger partial charge < -0.3 is 11.1 Å². The van der Waals surface area contributed by atoms with Crippen molar-refractivity contribution in [3.8, 4) is 0 Å². The predicted octanol–water partition coefficient (Wildman–Crippen LogP) is 1.17. The lowest BCUT2D eigenvalue weighted by molar-refractivity contribution is -0.126. The molecule has 3 N–H and O–H groups in total. The Labute approximate surface area is 138 Å². The Hall–Kier alpha value is -1.11. The molecule has 0 radical (unpaired) electrons. The summed E-state index contributed by atoms with van der Waals surface area (Å²) in [6, 6.07) is 2.45. The van der Waals surface area contributed by atoms with Gasteiger partial charge in [-0.05, 0) is 39.3 Å². The first-order valence-electron chi connectivity index (χ1n) is 7.84. The molecule has 1 aromatic rings. The summed E-state index contributed by atoms with van der Waals surface area (Å²) in [5.74, 6) is 0.218. The fraction of sp³-hybridized carbons (Fsp3) is 0.733. The van der Waals surface area contributed by atoms with Crippen molar-refractivity contribution in [3.63, 3.8) is 0 Å². The number of piperidine rings is 1. The zero-order valence-corrected chi connectivity index (χ0v) is 14.3. The van der Waals surface area contributed by atoms with Crippen molar-refractivity contribution in [1.29, 1.82) is 0 Å². The summed E-state index contributed by atoms with van der Waals surface area (Å²) in [5.41, 5.74) is 6.50. The molecule has 0 bridgehead atoms. The zero-order chi connectivity index (χ0) is 15.2. The monoisotopic (exact) mass is 329 g/mol. The summed E-state index contributed by atoms with van der Waals surface area (Å²) < 4.78 is 1.98. The third-order valence-corrected chi connectivity index (χ3v) is 3.90. The van der Waals surface area contributed by atoms with Crippen LogP contribution < -0.4 is 11.1 Å². The zero-order valence-electron chi connectivity index (χ0n) is 13.5. The minimum atomic E-state index is 0. The molecule has 1 saturated heterocycles. The van der Waals surface area contributed by atoms with E-state index in [9.17, 15) is 4.79 Å². The fourth-order valence-corrected chi connectivity index (χ4v) is 2.73. The third kappa shape index (κ3) is 5.26. The molecule has 2 heterocycles. The second-order valence-corrected chi connectivity index (χ2v) is 6.03. The van der Waals surface area contributed by atoms with Gasteiger partial charge in [-0.1, -0.05) is 0 Å². The Bertz CT molecular complexity index is 463. The van der Waals surface area contributed by atoms with Crippen molar-refractivity contribution >= 4 is 18.3 Å². The number of rotatable bonds is 6. The molecule has 0 spiro atoms. The molecule has 6 nitrogen and oxygen atoms in total. The molecular formula is C15H28ClN5O. The topological polar surface area (TPSA) is 76.2 Å². The number of carbonyl (C=O) groups excluding carboxylic acids is 1. The number of aromatic nitrogens is 2. The average molecular weight is 330 g/mol. The number of halogens is 1. The maximum atomic E-state index is 12.0. The first-order valence-corrected chi connectivity index (χ1v) is 7.84. The number of amides is 1. The van der Waals surface area contributed by atoms with Gasteiger partial charge >= 0.3 is 0 Å². The number of carbonyl (C=O) groups is 1. The Kier molecular flexibility index (Phi) is 7.85. The number of hydrogen-bond acceptors (Lipinski definition) is 4. The van der Waals surface area contributed by atoms with Crippen LogP contribution in [0.3, 0.4) is 0 Å². The normalized spacial score (nSPS) is 19.0. The highest BCUT2D eigenvalue weighted by molar-refractivity contribution is 5.85. The van der Waals surface area contributed by atoms with Gasteiger partial charge in [-0.25, -0.2) is 0 Å². The van der Waals surface area contributed by atoms with Crippen LogP contribution in [-0.2, 0) is 11.3 Å². The molecule has 0 saturated carbocycles. The van der Waals surface area contributed by atoms with Gasteiger partial charge in [-0.3, -0.25) is 14.4 Å². The van der Waals surface area contributed by atoms with Crippen LogP contribution in [0.2, 0.25) is 0 Å². The molecule has 1 aliphatic heterocycles. The second kappa shape index (κ2) is 9.12. The van der Waals surface area contributed by atoms with E-state index in [0.29, 0.717) is 19.1 Å². The van der Waals surface area contributed by atoms with E-state index in [1.807, 2.05) is 10.9 Å². The van der Waals surface area contributed by atoms with Gasteiger partial charge in [0, 0.05) is 38.4 Å². The first-order chi connectivity index (χ1) is 10.1. The molecule has 1 atom stereocenters. The molecule has 2 rings (SSSR count). The molecule has 1 amide bonds. The van der Waals surface area contributed by atoms with Crippen molar-refractivity contribution in [2.45, 2.75) is 39.3 Å². The summed E-state index contributed by atoms with van der Waals surface area (Å²) in [4.78, 5) is 14.4. The van der Waals surface area contributed by atoms with Gasteiger partial charge in [0.05, 0.1) is 11.6 Å². The average Bonchev–Trinajstić information content (AvgIpc) is 2.94. The van der Waals surface area contributed by atoms with Gasteiger partial charge in [0.2, 0.25) is 5.91 Å². The lowest BCUT2D eigenvalue weighted by Gasteiger charge is -2.31. The molecular weight excluding hydrogens is 302 g/mol. The van der Waals surface area contributed by atoms with Crippen molar-refractivity contribution < 1.29 is 4.79 Å². The SMILES string of the molecule is CC(C)n1ccc(CN2CCCC(C(=O)NCCN)C2)n1.Cl. The maximum absolute atomic E-state index is 12.0. The van der Waals surface area contributed by atoms with Gasteiger partial charge in [0.15, 0.2) is 0 Å². The molecule has 1 aromatic heterocycles. The first kappa shape index (κ1) is 18.9. The quantitative estimate of drug-likeness (QED) is 0.821. The minimum Gasteiger partial charge on any atom is -0.355 e.